The molecule has 2 aliphatic rings. The zero-order valence-corrected chi connectivity index (χ0v) is 13.4. The van der Waals surface area contributed by atoms with Gasteiger partial charge in [-0.1, -0.05) is 12.1 Å². The highest BCUT2D eigenvalue weighted by Crippen LogP contribution is 2.31. The molecular formula is C18H23N3O. The molecule has 4 rings (SSSR count). The van der Waals surface area contributed by atoms with E-state index in [1.165, 1.54) is 17.0 Å². The number of fused-ring (bicyclic) bond motifs is 2. The van der Waals surface area contributed by atoms with E-state index in [1.54, 1.807) is 0 Å². The number of aryl methyl sites for hydroxylation is 1. The third-order valence-corrected chi connectivity index (χ3v) is 4.98. The Balaban J connectivity index is 1.51. The lowest BCUT2D eigenvalue weighted by atomic mass is 10.0. The van der Waals surface area contributed by atoms with Crippen LogP contribution in [0.2, 0.25) is 0 Å². The Morgan fingerprint density at radius 2 is 2.09 bits per heavy atom. The van der Waals surface area contributed by atoms with Gasteiger partial charge in [0.05, 0.1) is 12.3 Å². The quantitative estimate of drug-likeness (QED) is 0.854. The van der Waals surface area contributed by atoms with E-state index < -0.39 is 0 Å². The van der Waals surface area contributed by atoms with Crippen molar-refractivity contribution in [3.05, 3.63) is 47.0 Å². The van der Waals surface area contributed by atoms with Crippen molar-refractivity contribution in [2.24, 2.45) is 0 Å². The van der Waals surface area contributed by atoms with Crippen molar-refractivity contribution in [3.63, 3.8) is 0 Å². The first-order valence-electron chi connectivity index (χ1n) is 8.23. The van der Waals surface area contributed by atoms with Crippen LogP contribution < -0.4 is 4.74 Å². The largest absolute Gasteiger partial charge is 0.493 e. The minimum absolute atomic E-state index is 0.417. The molecule has 1 aromatic heterocycles. The van der Waals surface area contributed by atoms with Crippen LogP contribution >= 0.6 is 0 Å². The first-order chi connectivity index (χ1) is 10.7. The first kappa shape index (κ1) is 13.8. The summed E-state index contributed by atoms with van der Waals surface area (Å²) in [5.41, 5.74) is 3.84. The third-order valence-electron chi connectivity index (χ3n) is 4.98. The van der Waals surface area contributed by atoms with E-state index >= 15 is 0 Å². The molecule has 4 heteroatoms. The summed E-state index contributed by atoms with van der Waals surface area (Å²) < 4.78 is 8.03. The first-order valence-corrected chi connectivity index (χ1v) is 8.23. The van der Waals surface area contributed by atoms with Gasteiger partial charge in [0.1, 0.15) is 11.6 Å². The van der Waals surface area contributed by atoms with E-state index in [1.807, 2.05) is 0 Å². The smallest absolute Gasteiger partial charge is 0.122 e. The van der Waals surface area contributed by atoms with Gasteiger partial charge in [0, 0.05) is 44.7 Å². The molecule has 0 bridgehead atoms. The zero-order chi connectivity index (χ0) is 15.1. The number of nitrogens with zero attached hydrogens (tertiary/aromatic N) is 3. The molecular weight excluding hydrogens is 274 g/mol. The highest BCUT2D eigenvalue weighted by Gasteiger charge is 2.22. The zero-order valence-electron chi connectivity index (χ0n) is 13.4. The number of aromatic nitrogens is 2. The topological polar surface area (TPSA) is 30.3 Å². The van der Waals surface area contributed by atoms with Gasteiger partial charge in [-0.15, -0.1) is 0 Å². The molecule has 116 valence electrons. The van der Waals surface area contributed by atoms with Crippen molar-refractivity contribution in [2.75, 3.05) is 19.7 Å². The Bertz CT molecular complexity index is 666. The van der Waals surface area contributed by atoms with Crippen molar-refractivity contribution in [3.8, 4) is 5.75 Å². The van der Waals surface area contributed by atoms with Crippen LogP contribution in [0.4, 0.5) is 0 Å². The summed E-state index contributed by atoms with van der Waals surface area (Å²) in [6.07, 6.45) is 4.25. The lowest BCUT2D eigenvalue weighted by Crippen LogP contribution is -2.30. The second-order valence-corrected chi connectivity index (χ2v) is 6.42. The Kier molecular flexibility index (Phi) is 3.41. The van der Waals surface area contributed by atoms with Gasteiger partial charge in [-0.25, -0.2) is 4.98 Å². The van der Waals surface area contributed by atoms with Crippen LogP contribution in [0.3, 0.4) is 0 Å². The summed E-state index contributed by atoms with van der Waals surface area (Å²) >= 11 is 0. The van der Waals surface area contributed by atoms with Gasteiger partial charge < -0.3 is 9.30 Å². The fourth-order valence-corrected chi connectivity index (χ4v) is 3.62. The number of hydrogen-bond donors (Lipinski definition) is 0. The lowest BCUT2D eigenvalue weighted by Gasteiger charge is -2.28. The normalized spacial score (nSPS) is 19.2. The maximum atomic E-state index is 5.72. The van der Waals surface area contributed by atoms with Crippen molar-refractivity contribution in [1.82, 2.24) is 14.5 Å². The van der Waals surface area contributed by atoms with Gasteiger partial charge in [0.15, 0.2) is 0 Å². The van der Waals surface area contributed by atoms with Gasteiger partial charge in [0.25, 0.3) is 0 Å². The molecule has 1 aromatic carbocycles. The molecule has 1 atom stereocenters. The molecule has 0 spiro atoms. The Morgan fingerprint density at radius 1 is 1.18 bits per heavy atom. The second kappa shape index (κ2) is 5.43. The lowest BCUT2D eigenvalue weighted by molar-refractivity contribution is 0.215. The molecule has 2 aliphatic heterocycles. The summed E-state index contributed by atoms with van der Waals surface area (Å²) in [7, 11) is 0. The minimum Gasteiger partial charge on any atom is -0.493 e. The van der Waals surface area contributed by atoms with E-state index in [-0.39, 0.29) is 0 Å². The van der Waals surface area contributed by atoms with Crippen LogP contribution in [-0.4, -0.2) is 34.1 Å². The highest BCUT2D eigenvalue weighted by molar-refractivity contribution is 5.41. The van der Waals surface area contributed by atoms with Crippen LogP contribution in [-0.2, 0) is 19.4 Å². The second-order valence-electron chi connectivity index (χ2n) is 6.42. The molecule has 2 aromatic rings. The number of hydrogen-bond acceptors (Lipinski definition) is 3. The number of rotatable bonds is 2. The van der Waals surface area contributed by atoms with E-state index in [0.29, 0.717) is 6.04 Å². The molecule has 0 saturated carbocycles. The molecule has 0 saturated heterocycles. The monoisotopic (exact) mass is 297 g/mol. The standard InChI is InChI=1S/C18H23N3O/c1-13-12-21-9-8-20(7-5-18(21)19-13)14(2)16-4-3-15-6-10-22-17(15)11-16/h3-4,11-12,14H,5-10H2,1-2H3. The summed E-state index contributed by atoms with van der Waals surface area (Å²) in [6.45, 7) is 8.37. The maximum Gasteiger partial charge on any atom is 0.122 e. The molecule has 0 N–H and O–H groups in total. The van der Waals surface area contributed by atoms with Crippen molar-refractivity contribution >= 4 is 0 Å². The predicted molar refractivity (Wildman–Crippen MR) is 86.3 cm³/mol. The predicted octanol–water partition coefficient (Wildman–Crippen LogP) is 2.75. The molecule has 4 nitrogen and oxygen atoms in total. The van der Waals surface area contributed by atoms with Crippen LogP contribution in [0.1, 0.15) is 35.6 Å². The van der Waals surface area contributed by atoms with E-state index in [0.717, 1.165) is 50.5 Å². The van der Waals surface area contributed by atoms with Crippen molar-refractivity contribution in [2.45, 2.75) is 39.3 Å². The molecule has 22 heavy (non-hydrogen) atoms. The van der Waals surface area contributed by atoms with Crippen LogP contribution in [0, 0.1) is 6.92 Å². The van der Waals surface area contributed by atoms with Gasteiger partial charge in [0.2, 0.25) is 0 Å². The van der Waals surface area contributed by atoms with E-state index in [4.69, 9.17) is 4.74 Å². The highest BCUT2D eigenvalue weighted by atomic mass is 16.5. The fourth-order valence-electron chi connectivity index (χ4n) is 3.62. The number of benzene rings is 1. The van der Waals surface area contributed by atoms with Crippen LogP contribution in [0.5, 0.6) is 5.75 Å². The fraction of sp³-hybridized carbons (Fsp3) is 0.500. The Morgan fingerprint density at radius 3 is 3.00 bits per heavy atom. The Labute approximate surface area is 131 Å². The van der Waals surface area contributed by atoms with Gasteiger partial charge in [-0.05, 0) is 31.0 Å². The molecule has 0 amide bonds. The average Bonchev–Trinajstić information content (AvgIpc) is 3.07. The SMILES string of the molecule is Cc1cn2c(n1)CCN(C(C)c1ccc3c(c1)OCC3)CC2. The molecule has 3 heterocycles. The average molecular weight is 297 g/mol. The van der Waals surface area contributed by atoms with Gasteiger partial charge in [-0.2, -0.15) is 0 Å². The summed E-state index contributed by atoms with van der Waals surface area (Å²) in [5, 5.41) is 0. The summed E-state index contributed by atoms with van der Waals surface area (Å²) in [5.74, 6) is 2.31. The third kappa shape index (κ3) is 2.41. The van der Waals surface area contributed by atoms with Gasteiger partial charge >= 0.3 is 0 Å². The minimum atomic E-state index is 0.417. The van der Waals surface area contributed by atoms with Crippen LogP contribution in [0.15, 0.2) is 24.4 Å². The van der Waals surface area contributed by atoms with Crippen LogP contribution in [0.25, 0.3) is 0 Å². The Hall–Kier alpha value is -1.81. The molecule has 1 unspecified atom stereocenters. The van der Waals surface area contributed by atoms with Gasteiger partial charge in [-0.3, -0.25) is 4.90 Å². The van der Waals surface area contributed by atoms with Crippen molar-refractivity contribution in [1.29, 1.82) is 0 Å². The van der Waals surface area contributed by atoms with E-state index in [9.17, 15) is 0 Å². The summed E-state index contributed by atoms with van der Waals surface area (Å²) in [6, 6.07) is 7.16. The molecule has 0 fully saturated rings. The number of imidazole rings is 1. The number of ether oxygens (including phenoxy) is 1. The maximum absolute atomic E-state index is 5.72. The molecule has 0 radical (unpaired) electrons. The molecule has 0 aliphatic carbocycles. The van der Waals surface area contributed by atoms with Crippen molar-refractivity contribution < 1.29 is 4.74 Å². The summed E-state index contributed by atoms with van der Waals surface area (Å²) in [4.78, 5) is 7.20. The van der Waals surface area contributed by atoms with E-state index in [2.05, 4.69) is 52.7 Å².